The van der Waals surface area contributed by atoms with Crippen LogP contribution < -0.4 is 10.1 Å². The molecule has 31 heavy (non-hydrogen) atoms. The number of halogens is 1. The number of nitrogens with one attached hydrogen (secondary N) is 1. The molecule has 1 N–H and O–H groups in total. The standard InChI is InChI=1S/C25H33ClN2O3/c1-17(2)14-27-25(30)19(5)28(15-20-10-6-8-12-22(20)26)24(29)16-31-23-13-9-7-11-21(23)18(3)4/h6-13,17-19H,14-16H2,1-5H3,(H,27,30)/t19-/m1/s1. The van der Waals surface area contributed by atoms with Crippen molar-refractivity contribution in [2.24, 2.45) is 5.92 Å². The minimum Gasteiger partial charge on any atom is -0.483 e. The predicted octanol–water partition coefficient (Wildman–Crippen LogP) is 5.03. The average molecular weight is 445 g/mol. The van der Waals surface area contributed by atoms with Gasteiger partial charge in [0.2, 0.25) is 5.91 Å². The monoisotopic (exact) mass is 444 g/mol. The second kappa shape index (κ2) is 11.8. The molecule has 2 rings (SSSR count). The molecule has 0 saturated carbocycles. The quantitative estimate of drug-likeness (QED) is 0.559. The molecule has 0 fully saturated rings. The zero-order valence-electron chi connectivity index (χ0n) is 19.0. The van der Waals surface area contributed by atoms with E-state index in [4.69, 9.17) is 16.3 Å². The van der Waals surface area contributed by atoms with Gasteiger partial charge in [-0.2, -0.15) is 0 Å². The molecule has 2 aromatic carbocycles. The van der Waals surface area contributed by atoms with E-state index >= 15 is 0 Å². The molecule has 0 aliphatic carbocycles. The number of amides is 2. The van der Waals surface area contributed by atoms with Gasteiger partial charge in [0.05, 0.1) is 0 Å². The molecule has 2 aromatic rings. The molecule has 0 unspecified atom stereocenters. The Balaban J connectivity index is 2.19. The predicted molar refractivity (Wildman–Crippen MR) is 125 cm³/mol. The first-order valence-electron chi connectivity index (χ1n) is 10.7. The van der Waals surface area contributed by atoms with Crippen LogP contribution in [-0.2, 0) is 16.1 Å². The lowest BCUT2D eigenvalue weighted by atomic mass is 10.0. The van der Waals surface area contributed by atoms with Gasteiger partial charge in [0, 0.05) is 18.1 Å². The van der Waals surface area contributed by atoms with Gasteiger partial charge in [0.15, 0.2) is 6.61 Å². The highest BCUT2D eigenvalue weighted by atomic mass is 35.5. The number of rotatable bonds is 10. The molecule has 0 spiro atoms. The molecule has 0 saturated heterocycles. The molecular formula is C25H33ClN2O3. The smallest absolute Gasteiger partial charge is 0.261 e. The molecule has 0 aliphatic heterocycles. The summed E-state index contributed by atoms with van der Waals surface area (Å²) in [5, 5.41) is 3.47. The number of nitrogens with zero attached hydrogens (tertiary/aromatic N) is 1. The van der Waals surface area contributed by atoms with Crippen molar-refractivity contribution in [2.75, 3.05) is 13.2 Å². The number of hydrogen-bond donors (Lipinski definition) is 1. The number of benzene rings is 2. The third-order valence-corrected chi connectivity index (χ3v) is 5.41. The molecule has 0 bridgehead atoms. The fourth-order valence-electron chi connectivity index (χ4n) is 3.16. The van der Waals surface area contributed by atoms with Crippen LogP contribution in [0, 0.1) is 5.92 Å². The fourth-order valence-corrected chi connectivity index (χ4v) is 3.35. The minimum absolute atomic E-state index is 0.157. The van der Waals surface area contributed by atoms with E-state index < -0.39 is 6.04 Å². The van der Waals surface area contributed by atoms with Crippen LogP contribution in [0.3, 0.4) is 0 Å². The first-order valence-corrected chi connectivity index (χ1v) is 11.1. The second-order valence-electron chi connectivity index (χ2n) is 8.41. The second-order valence-corrected chi connectivity index (χ2v) is 8.82. The number of para-hydroxylation sites is 1. The number of hydrogen-bond acceptors (Lipinski definition) is 3. The molecule has 2 amide bonds. The van der Waals surface area contributed by atoms with Crippen molar-refractivity contribution in [1.29, 1.82) is 0 Å². The van der Waals surface area contributed by atoms with Gasteiger partial charge in [-0.3, -0.25) is 9.59 Å². The normalized spacial score (nSPS) is 12.0. The van der Waals surface area contributed by atoms with Crippen molar-refractivity contribution in [1.82, 2.24) is 10.2 Å². The summed E-state index contributed by atoms with van der Waals surface area (Å²) in [6.45, 7) is 10.6. The van der Waals surface area contributed by atoms with Crippen LogP contribution in [0.25, 0.3) is 0 Å². The largest absolute Gasteiger partial charge is 0.483 e. The lowest BCUT2D eigenvalue weighted by molar-refractivity contribution is -0.142. The van der Waals surface area contributed by atoms with E-state index in [2.05, 4.69) is 19.2 Å². The third kappa shape index (κ3) is 7.28. The zero-order chi connectivity index (χ0) is 23.0. The first kappa shape index (κ1) is 24.7. The van der Waals surface area contributed by atoms with E-state index in [0.717, 1.165) is 11.1 Å². The van der Waals surface area contributed by atoms with Crippen LogP contribution in [0.2, 0.25) is 5.02 Å². The third-order valence-electron chi connectivity index (χ3n) is 5.04. The van der Waals surface area contributed by atoms with E-state index in [1.54, 1.807) is 13.0 Å². The summed E-state index contributed by atoms with van der Waals surface area (Å²) < 4.78 is 5.88. The van der Waals surface area contributed by atoms with Crippen LogP contribution >= 0.6 is 11.6 Å². The maximum atomic E-state index is 13.2. The highest BCUT2D eigenvalue weighted by molar-refractivity contribution is 6.31. The molecule has 0 heterocycles. The Labute approximate surface area is 190 Å². The summed E-state index contributed by atoms with van der Waals surface area (Å²) in [6.07, 6.45) is 0. The Bertz CT molecular complexity index is 883. The molecule has 0 aliphatic rings. The molecular weight excluding hydrogens is 412 g/mol. The lowest BCUT2D eigenvalue weighted by Crippen LogP contribution is -2.49. The van der Waals surface area contributed by atoms with E-state index in [9.17, 15) is 9.59 Å². The van der Waals surface area contributed by atoms with Gasteiger partial charge in [0.1, 0.15) is 11.8 Å². The van der Waals surface area contributed by atoms with Crippen molar-refractivity contribution in [2.45, 2.75) is 53.1 Å². The number of carbonyl (C=O) groups is 2. The van der Waals surface area contributed by atoms with Crippen molar-refractivity contribution in [3.63, 3.8) is 0 Å². The average Bonchev–Trinajstić information content (AvgIpc) is 2.74. The summed E-state index contributed by atoms with van der Waals surface area (Å²) in [6, 6.07) is 14.4. The Morgan fingerprint density at radius 2 is 1.65 bits per heavy atom. The van der Waals surface area contributed by atoms with E-state index in [0.29, 0.717) is 23.2 Å². The highest BCUT2D eigenvalue weighted by Gasteiger charge is 2.27. The Morgan fingerprint density at radius 1 is 1.00 bits per heavy atom. The summed E-state index contributed by atoms with van der Waals surface area (Å²) >= 11 is 6.32. The first-order chi connectivity index (χ1) is 14.7. The van der Waals surface area contributed by atoms with Crippen LogP contribution in [0.15, 0.2) is 48.5 Å². The molecule has 168 valence electrons. The number of ether oxygens (including phenoxy) is 1. The molecule has 5 nitrogen and oxygen atoms in total. The SMILES string of the molecule is CC(C)CNC(=O)[C@@H](C)N(Cc1ccccc1Cl)C(=O)COc1ccccc1C(C)C. The van der Waals surface area contributed by atoms with Crippen molar-refractivity contribution in [3.05, 3.63) is 64.7 Å². The molecule has 0 aromatic heterocycles. The van der Waals surface area contributed by atoms with Gasteiger partial charge in [-0.1, -0.05) is 75.7 Å². The van der Waals surface area contributed by atoms with Gasteiger partial charge < -0.3 is 15.0 Å². The van der Waals surface area contributed by atoms with Crippen LogP contribution in [0.5, 0.6) is 5.75 Å². The molecule has 0 radical (unpaired) electrons. The summed E-state index contributed by atoms with van der Waals surface area (Å²) in [5.74, 6) is 0.800. The van der Waals surface area contributed by atoms with Gasteiger partial charge in [0.25, 0.3) is 5.91 Å². The van der Waals surface area contributed by atoms with Crippen LogP contribution in [-0.4, -0.2) is 35.9 Å². The van der Waals surface area contributed by atoms with Gasteiger partial charge >= 0.3 is 0 Å². The molecule has 6 heteroatoms. The van der Waals surface area contributed by atoms with E-state index in [1.165, 1.54) is 4.90 Å². The summed E-state index contributed by atoms with van der Waals surface area (Å²) in [5.41, 5.74) is 1.82. The fraction of sp³-hybridized carbons (Fsp3) is 0.440. The van der Waals surface area contributed by atoms with E-state index in [-0.39, 0.29) is 30.9 Å². The molecule has 1 atom stereocenters. The Morgan fingerprint density at radius 3 is 2.29 bits per heavy atom. The van der Waals surface area contributed by atoms with Gasteiger partial charge in [-0.05, 0) is 42.0 Å². The van der Waals surface area contributed by atoms with Crippen LogP contribution in [0.1, 0.15) is 51.7 Å². The van der Waals surface area contributed by atoms with Crippen LogP contribution in [0.4, 0.5) is 0 Å². The Kier molecular flexibility index (Phi) is 9.38. The summed E-state index contributed by atoms with van der Waals surface area (Å²) in [4.78, 5) is 27.4. The van der Waals surface area contributed by atoms with Crippen molar-refractivity contribution in [3.8, 4) is 5.75 Å². The minimum atomic E-state index is -0.661. The van der Waals surface area contributed by atoms with E-state index in [1.807, 2.05) is 56.3 Å². The topological polar surface area (TPSA) is 58.6 Å². The summed E-state index contributed by atoms with van der Waals surface area (Å²) in [7, 11) is 0. The van der Waals surface area contributed by atoms with Gasteiger partial charge in [-0.15, -0.1) is 0 Å². The maximum Gasteiger partial charge on any atom is 0.261 e. The lowest BCUT2D eigenvalue weighted by Gasteiger charge is -2.29. The van der Waals surface area contributed by atoms with Crippen molar-refractivity contribution >= 4 is 23.4 Å². The zero-order valence-corrected chi connectivity index (χ0v) is 19.8. The number of carbonyl (C=O) groups excluding carboxylic acids is 2. The van der Waals surface area contributed by atoms with Crippen molar-refractivity contribution < 1.29 is 14.3 Å². The van der Waals surface area contributed by atoms with Gasteiger partial charge in [-0.25, -0.2) is 0 Å². The maximum absolute atomic E-state index is 13.2. The Hall–Kier alpha value is -2.53. The highest BCUT2D eigenvalue weighted by Crippen LogP contribution is 2.26.